The largest absolute Gasteiger partial charge is 0.489 e. The van der Waals surface area contributed by atoms with Crippen molar-refractivity contribution < 1.29 is 4.74 Å². The average molecular weight is 183 g/mol. The molecule has 1 aromatic carbocycles. The van der Waals surface area contributed by atoms with Crippen LogP contribution in [0.15, 0.2) is 36.7 Å². The third kappa shape index (κ3) is 1.01. The average Bonchev–Trinajstić information content (AvgIpc) is 2.29. The lowest BCUT2D eigenvalue weighted by molar-refractivity contribution is 0.359. The van der Waals surface area contributed by atoms with Gasteiger partial charge in [-0.05, 0) is 23.6 Å². The van der Waals surface area contributed by atoms with Crippen molar-refractivity contribution in [1.82, 2.24) is 4.98 Å². The molecule has 0 unspecified atom stereocenters. The Hall–Kier alpha value is -1.83. The first kappa shape index (κ1) is 7.56. The summed E-state index contributed by atoms with van der Waals surface area (Å²) < 4.78 is 5.52. The normalized spacial score (nSPS) is 13.7. The van der Waals surface area contributed by atoms with Crippen LogP contribution in [0, 0.1) is 0 Å². The molecule has 2 aromatic rings. The summed E-state index contributed by atoms with van der Waals surface area (Å²) in [5.74, 6) is 0.952. The van der Waals surface area contributed by atoms with Gasteiger partial charge in [0.05, 0.1) is 0 Å². The zero-order valence-electron chi connectivity index (χ0n) is 7.60. The molecule has 0 radical (unpaired) electrons. The van der Waals surface area contributed by atoms with E-state index in [4.69, 9.17) is 4.74 Å². The molecule has 1 aliphatic rings. The smallest absolute Gasteiger partial charge is 0.127 e. The fraction of sp³-hybridized carbons (Fsp3) is 0.0833. The minimum atomic E-state index is 0.665. The molecule has 1 aliphatic heterocycles. The molecule has 14 heavy (non-hydrogen) atoms. The van der Waals surface area contributed by atoms with Crippen LogP contribution in [-0.2, 0) is 0 Å². The fourth-order valence-electron chi connectivity index (χ4n) is 1.77. The van der Waals surface area contributed by atoms with Crippen LogP contribution in [-0.4, -0.2) is 11.6 Å². The van der Waals surface area contributed by atoms with Crippen molar-refractivity contribution in [3.05, 3.63) is 42.2 Å². The van der Waals surface area contributed by atoms with Crippen molar-refractivity contribution in [1.29, 1.82) is 0 Å². The minimum Gasteiger partial charge on any atom is -0.489 e. The maximum absolute atomic E-state index is 5.52. The summed E-state index contributed by atoms with van der Waals surface area (Å²) in [5.41, 5.74) is 1.14. The SMILES string of the molecule is C1=Cc2c(ccc3ccncc23)OC1. The van der Waals surface area contributed by atoms with Crippen molar-refractivity contribution >= 4 is 16.8 Å². The molecular formula is C12H9NO. The highest BCUT2D eigenvalue weighted by molar-refractivity contribution is 5.92. The Morgan fingerprint density at radius 2 is 2.21 bits per heavy atom. The summed E-state index contributed by atoms with van der Waals surface area (Å²) in [6.07, 6.45) is 7.81. The number of ether oxygens (including phenoxy) is 1. The lowest BCUT2D eigenvalue weighted by Gasteiger charge is -2.13. The second-order valence-electron chi connectivity index (χ2n) is 3.29. The van der Waals surface area contributed by atoms with E-state index in [9.17, 15) is 0 Å². The molecule has 0 bridgehead atoms. The second kappa shape index (κ2) is 2.84. The third-order valence-corrected chi connectivity index (χ3v) is 2.44. The monoisotopic (exact) mass is 183 g/mol. The standard InChI is InChI=1S/C12H9NO/c1-2-10-11-8-13-6-5-9(11)3-4-12(10)14-7-1/h1-6,8H,7H2. The van der Waals surface area contributed by atoms with Crippen LogP contribution >= 0.6 is 0 Å². The molecule has 0 spiro atoms. The van der Waals surface area contributed by atoms with Gasteiger partial charge in [-0.3, -0.25) is 4.98 Å². The number of rotatable bonds is 0. The summed E-state index contributed by atoms with van der Waals surface area (Å²) in [5, 5.41) is 2.36. The predicted octanol–water partition coefficient (Wildman–Crippen LogP) is 2.64. The van der Waals surface area contributed by atoms with Gasteiger partial charge in [-0.25, -0.2) is 0 Å². The van der Waals surface area contributed by atoms with Gasteiger partial charge < -0.3 is 4.74 Å². The highest BCUT2D eigenvalue weighted by Crippen LogP contribution is 2.30. The number of nitrogens with zero attached hydrogens (tertiary/aromatic N) is 1. The second-order valence-corrected chi connectivity index (χ2v) is 3.29. The zero-order valence-corrected chi connectivity index (χ0v) is 7.60. The van der Waals surface area contributed by atoms with Gasteiger partial charge in [0.15, 0.2) is 0 Å². The van der Waals surface area contributed by atoms with Crippen molar-refractivity contribution in [2.75, 3.05) is 6.61 Å². The van der Waals surface area contributed by atoms with E-state index in [0.717, 1.165) is 16.7 Å². The van der Waals surface area contributed by atoms with Crippen molar-refractivity contribution in [3.63, 3.8) is 0 Å². The van der Waals surface area contributed by atoms with Gasteiger partial charge in [-0.2, -0.15) is 0 Å². The lowest BCUT2D eigenvalue weighted by atomic mass is 10.0. The minimum absolute atomic E-state index is 0.665. The summed E-state index contributed by atoms with van der Waals surface area (Å²) in [7, 11) is 0. The molecule has 0 saturated heterocycles. The Kier molecular flexibility index (Phi) is 1.53. The number of hydrogen-bond donors (Lipinski definition) is 0. The van der Waals surface area contributed by atoms with Crippen molar-refractivity contribution in [3.8, 4) is 5.75 Å². The molecule has 0 atom stereocenters. The van der Waals surface area contributed by atoms with Crippen molar-refractivity contribution in [2.45, 2.75) is 0 Å². The summed E-state index contributed by atoms with van der Waals surface area (Å²) in [6, 6.07) is 6.09. The Morgan fingerprint density at radius 1 is 1.21 bits per heavy atom. The molecular weight excluding hydrogens is 174 g/mol. The van der Waals surface area contributed by atoms with E-state index in [1.54, 1.807) is 0 Å². The number of pyridine rings is 1. The molecule has 1 aromatic heterocycles. The Bertz CT molecular complexity index is 517. The van der Waals surface area contributed by atoms with E-state index < -0.39 is 0 Å². The van der Waals surface area contributed by atoms with Crippen LogP contribution in [0.5, 0.6) is 5.75 Å². The lowest BCUT2D eigenvalue weighted by Crippen LogP contribution is -2.00. The topological polar surface area (TPSA) is 22.1 Å². The molecule has 2 nitrogen and oxygen atoms in total. The fourth-order valence-corrected chi connectivity index (χ4v) is 1.77. The highest BCUT2D eigenvalue weighted by Gasteiger charge is 2.08. The van der Waals surface area contributed by atoms with Crippen LogP contribution in [0.2, 0.25) is 0 Å². The van der Waals surface area contributed by atoms with Gasteiger partial charge in [0.25, 0.3) is 0 Å². The number of hydrogen-bond acceptors (Lipinski definition) is 2. The molecule has 68 valence electrons. The Morgan fingerprint density at radius 3 is 3.21 bits per heavy atom. The van der Waals surface area contributed by atoms with Crippen LogP contribution < -0.4 is 4.74 Å². The molecule has 2 heterocycles. The van der Waals surface area contributed by atoms with E-state index in [2.05, 4.69) is 17.1 Å². The van der Waals surface area contributed by atoms with Crippen LogP contribution in [0.25, 0.3) is 16.8 Å². The van der Waals surface area contributed by atoms with Gasteiger partial charge in [-0.15, -0.1) is 0 Å². The van der Waals surface area contributed by atoms with E-state index in [-0.39, 0.29) is 0 Å². The Balaban J connectivity index is 2.42. The first-order valence-electron chi connectivity index (χ1n) is 4.61. The van der Waals surface area contributed by atoms with Crippen LogP contribution in [0.4, 0.5) is 0 Å². The first-order valence-corrected chi connectivity index (χ1v) is 4.61. The molecule has 0 fully saturated rings. The molecule has 0 aliphatic carbocycles. The molecule has 0 amide bonds. The van der Waals surface area contributed by atoms with Gasteiger partial charge >= 0.3 is 0 Å². The highest BCUT2D eigenvalue weighted by atomic mass is 16.5. The number of fused-ring (bicyclic) bond motifs is 3. The van der Waals surface area contributed by atoms with Crippen LogP contribution in [0.3, 0.4) is 0 Å². The van der Waals surface area contributed by atoms with Gasteiger partial charge in [0.2, 0.25) is 0 Å². The number of benzene rings is 1. The van der Waals surface area contributed by atoms with Gasteiger partial charge in [-0.1, -0.05) is 12.1 Å². The van der Waals surface area contributed by atoms with Crippen LogP contribution in [0.1, 0.15) is 5.56 Å². The Labute approximate surface area is 81.8 Å². The molecule has 0 N–H and O–H groups in total. The van der Waals surface area contributed by atoms with E-state index >= 15 is 0 Å². The predicted molar refractivity (Wildman–Crippen MR) is 56.3 cm³/mol. The maximum atomic E-state index is 5.52. The summed E-state index contributed by atoms with van der Waals surface area (Å²) >= 11 is 0. The van der Waals surface area contributed by atoms with E-state index in [1.807, 2.05) is 30.6 Å². The summed E-state index contributed by atoms with van der Waals surface area (Å²) in [4.78, 5) is 4.13. The molecule has 0 saturated carbocycles. The third-order valence-electron chi connectivity index (χ3n) is 2.44. The van der Waals surface area contributed by atoms with E-state index in [0.29, 0.717) is 6.61 Å². The zero-order chi connectivity index (χ0) is 9.38. The van der Waals surface area contributed by atoms with Gasteiger partial charge in [0.1, 0.15) is 12.4 Å². The van der Waals surface area contributed by atoms with Gasteiger partial charge in [0, 0.05) is 23.3 Å². The molecule has 3 rings (SSSR count). The maximum Gasteiger partial charge on any atom is 0.127 e. The first-order chi connectivity index (χ1) is 6.95. The number of aromatic nitrogens is 1. The summed E-state index contributed by atoms with van der Waals surface area (Å²) in [6.45, 7) is 0.665. The van der Waals surface area contributed by atoms with E-state index in [1.165, 1.54) is 5.39 Å². The molecule has 2 heteroatoms. The van der Waals surface area contributed by atoms with Crippen molar-refractivity contribution in [2.24, 2.45) is 0 Å². The quantitative estimate of drug-likeness (QED) is 0.626.